The van der Waals surface area contributed by atoms with Crippen molar-refractivity contribution in [3.05, 3.63) is 35.4 Å². The van der Waals surface area contributed by atoms with Crippen LogP contribution >= 0.6 is 0 Å². The molecule has 2 aliphatic heterocycles. The van der Waals surface area contributed by atoms with Crippen molar-refractivity contribution in [3.63, 3.8) is 0 Å². The van der Waals surface area contributed by atoms with Gasteiger partial charge in [-0.2, -0.15) is 0 Å². The summed E-state index contributed by atoms with van der Waals surface area (Å²) in [6, 6.07) is 5.84. The second-order valence-electron chi connectivity index (χ2n) is 6.20. The van der Waals surface area contributed by atoms with Gasteiger partial charge < -0.3 is 9.64 Å². The summed E-state index contributed by atoms with van der Waals surface area (Å²) in [4.78, 5) is 40.4. The van der Waals surface area contributed by atoms with E-state index in [0.29, 0.717) is 24.2 Å². The SMILES string of the molecule is C[C@@H]1CN(C(=O)[C@H](C)N2C(=O)c3ccccc3C2=O)C[C@@H](C)O1. The summed E-state index contributed by atoms with van der Waals surface area (Å²) in [6.45, 7) is 6.35. The topological polar surface area (TPSA) is 66.9 Å². The molecule has 6 nitrogen and oxygen atoms in total. The Labute approximate surface area is 135 Å². The van der Waals surface area contributed by atoms with E-state index in [9.17, 15) is 14.4 Å². The normalized spacial score (nSPS) is 25.5. The molecule has 3 rings (SSSR count). The Bertz CT molecular complexity index is 627. The first kappa shape index (κ1) is 15.7. The molecule has 1 fully saturated rings. The van der Waals surface area contributed by atoms with Crippen LogP contribution in [0.15, 0.2) is 24.3 Å². The monoisotopic (exact) mass is 316 g/mol. The summed E-state index contributed by atoms with van der Waals surface area (Å²) in [6.07, 6.45) is -0.117. The Morgan fingerprint density at radius 1 is 1.09 bits per heavy atom. The average Bonchev–Trinajstić information content (AvgIpc) is 2.77. The third-order valence-electron chi connectivity index (χ3n) is 4.30. The summed E-state index contributed by atoms with van der Waals surface area (Å²) in [5.74, 6) is -1.02. The van der Waals surface area contributed by atoms with Gasteiger partial charge in [-0.1, -0.05) is 12.1 Å². The van der Waals surface area contributed by atoms with Crippen LogP contribution in [0.4, 0.5) is 0 Å². The zero-order valence-corrected chi connectivity index (χ0v) is 13.5. The molecule has 0 saturated carbocycles. The Hall–Kier alpha value is -2.21. The van der Waals surface area contributed by atoms with Crippen LogP contribution in [0.25, 0.3) is 0 Å². The number of fused-ring (bicyclic) bond motifs is 1. The van der Waals surface area contributed by atoms with Crippen LogP contribution in [0.5, 0.6) is 0 Å². The quantitative estimate of drug-likeness (QED) is 0.772. The van der Waals surface area contributed by atoms with Gasteiger partial charge in [-0.15, -0.1) is 0 Å². The van der Waals surface area contributed by atoms with E-state index in [1.807, 2.05) is 13.8 Å². The summed E-state index contributed by atoms with van der Waals surface area (Å²) in [5.41, 5.74) is 0.724. The Balaban J connectivity index is 1.81. The first-order chi connectivity index (χ1) is 10.9. The predicted molar refractivity (Wildman–Crippen MR) is 83.0 cm³/mol. The van der Waals surface area contributed by atoms with Gasteiger partial charge in [0.05, 0.1) is 23.3 Å². The summed E-state index contributed by atoms with van der Waals surface area (Å²) in [5, 5.41) is 0. The van der Waals surface area contributed by atoms with Crippen molar-refractivity contribution in [1.29, 1.82) is 0 Å². The summed E-state index contributed by atoms with van der Waals surface area (Å²) >= 11 is 0. The number of morpholine rings is 1. The molecule has 1 saturated heterocycles. The van der Waals surface area contributed by atoms with Crippen molar-refractivity contribution in [1.82, 2.24) is 9.80 Å². The summed E-state index contributed by atoms with van der Waals surface area (Å²) < 4.78 is 5.62. The smallest absolute Gasteiger partial charge is 0.262 e. The number of benzene rings is 1. The van der Waals surface area contributed by atoms with Crippen LogP contribution in [0.2, 0.25) is 0 Å². The van der Waals surface area contributed by atoms with Crippen LogP contribution in [0.1, 0.15) is 41.5 Å². The predicted octanol–water partition coefficient (Wildman–Crippen LogP) is 1.31. The maximum Gasteiger partial charge on any atom is 0.262 e. The lowest BCUT2D eigenvalue weighted by atomic mass is 10.1. The van der Waals surface area contributed by atoms with E-state index in [0.717, 1.165) is 4.90 Å². The van der Waals surface area contributed by atoms with Crippen molar-refractivity contribution < 1.29 is 19.1 Å². The molecule has 0 unspecified atom stereocenters. The van der Waals surface area contributed by atoms with E-state index in [-0.39, 0.29) is 18.1 Å². The van der Waals surface area contributed by atoms with E-state index in [4.69, 9.17) is 4.74 Å². The second-order valence-corrected chi connectivity index (χ2v) is 6.20. The number of ether oxygens (including phenoxy) is 1. The first-order valence-corrected chi connectivity index (χ1v) is 7.81. The summed E-state index contributed by atoms with van der Waals surface area (Å²) in [7, 11) is 0. The minimum absolute atomic E-state index is 0.0583. The van der Waals surface area contributed by atoms with Crippen LogP contribution in [-0.2, 0) is 9.53 Å². The van der Waals surface area contributed by atoms with Gasteiger partial charge in [0.25, 0.3) is 11.8 Å². The highest BCUT2D eigenvalue weighted by Gasteiger charge is 2.42. The molecule has 0 N–H and O–H groups in total. The highest BCUT2D eigenvalue weighted by atomic mass is 16.5. The molecule has 2 heterocycles. The molecular formula is C17H20N2O4. The number of carbonyl (C=O) groups excluding carboxylic acids is 3. The lowest BCUT2D eigenvalue weighted by molar-refractivity contribution is -0.146. The third-order valence-corrected chi connectivity index (χ3v) is 4.30. The molecule has 0 spiro atoms. The van der Waals surface area contributed by atoms with Crippen molar-refractivity contribution in [2.75, 3.05) is 13.1 Å². The van der Waals surface area contributed by atoms with Crippen molar-refractivity contribution in [2.45, 2.75) is 39.0 Å². The zero-order chi connectivity index (χ0) is 16.7. The number of carbonyl (C=O) groups is 3. The van der Waals surface area contributed by atoms with E-state index in [1.54, 1.807) is 36.1 Å². The first-order valence-electron chi connectivity index (χ1n) is 7.81. The lowest BCUT2D eigenvalue weighted by Crippen LogP contribution is -2.55. The fourth-order valence-corrected chi connectivity index (χ4v) is 3.29. The van der Waals surface area contributed by atoms with Gasteiger partial charge in [-0.05, 0) is 32.9 Å². The lowest BCUT2D eigenvalue weighted by Gasteiger charge is -2.37. The molecule has 0 bridgehead atoms. The molecule has 2 aliphatic rings. The number of rotatable bonds is 2. The van der Waals surface area contributed by atoms with Gasteiger partial charge in [-0.25, -0.2) is 0 Å². The standard InChI is InChI=1S/C17H20N2O4/c1-10-8-18(9-11(2)23-10)15(20)12(3)19-16(21)13-6-4-5-7-14(13)17(19)22/h4-7,10-12H,8-9H2,1-3H3/t10-,11-,12+/m1/s1. The molecule has 6 heteroatoms. The number of nitrogens with zero attached hydrogens (tertiary/aromatic N) is 2. The fraction of sp³-hybridized carbons (Fsp3) is 0.471. The molecule has 1 aromatic carbocycles. The number of imide groups is 1. The molecule has 0 aliphatic carbocycles. The second kappa shape index (κ2) is 5.77. The molecule has 0 radical (unpaired) electrons. The van der Waals surface area contributed by atoms with E-state index >= 15 is 0 Å². The van der Waals surface area contributed by atoms with Crippen LogP contribution in [0, 0.1) is 0 Å². The van der Waals surface area contributed by atoms with Crippen molar-refractivity contribution in [3.8, 4) is 0 Å². The molecule has 0 aromatic heterocycles. The van der Waals surface area contributed by atoms with Crippen LogP contribution < -0.4 is 0 Å². The molecule has 1 aromatic rings. The van der Waals surface area contributed by atoms with Gasteiger partial charge in [-0.3, -0.25) is 19.3 Å². The fourth-order valence-electron chi connectivity index (χ4n) is 3.29. The molecule has 122 valence electrons. The van der Waals surface area contributed by atoms with E-state index in [2.05, 4.69) is 0 Å². The van der Waals surface area contributed by atoms with E-state index in [1.165, 1.54) is 0 Å². The number of hydrogen-bond acceptors (Lipinski definition) is 4. The molecular weight excluding hydrogens is 296 g/mol. The van der Waals surface area contributed by atoms with Gasteiger partial charge in [0, 0.05) is 13.1 Å². The Morgan fingerprint density at radius 3 is 2.04 bits per heavy atom. The van der Waals surface area contributed by atoms with Crippen molar-refractivity contribution >= 4 is 17.7 Å². The number of hydrogen-bond donors (Lipinski definition) is 0. The highest BCUT2D eigenvalue weighted by molar-refractivity contribution is 6.22. The van der Waals surface area contributed by atoms with Crippen molar-refractivity contribution in [2.24, 2.45) is 0 Å². The zero-order valence-electron chi connectivity index (χ0n) is 13.5. The van der Waals surface area contributed by atoms with Crippen LogP contribution in [0.3, 0.4) is 0 Å². The van der Waals surface area contributed by atoms with Gasteiger partial charge in [0.15, 0.2) is 0 Å². The van der Waals surface area contributed by atoms with E-state index < -0.39 is 17.9 Å². The number of amides is 3. The Kier molecular flexibility index (Phi) is 3.93. The Morgan fingerprint density at radius 2 is 1.57 bits per heavy atom. The highest BCUT2D eigenvalue weighted by Crippen LogP contribution is 2.25. The third kappa shape index (κ3) is 2.63. The minimum Gasteiger partial charge on any atom is -0.372 e. The minimum atomic E-state index is -0.820. The van der Waals surface area contributed by atoms with Gasteiger partial charge in [0.2, 0.25) is 5.91 Å². The molecule has 23 heavy (non-hydrogen) atoms. The maximum absolute atomic E-state index is 12.7. The van der Waals surface area contributed by atoms with Crippen LogP contribution in [-0.4, -0.2) is 58.9 Å². The average molecular weight is 316 g/mol. The largest absolute Gasteiger partial charge is 0.372 e. The molecule has 3 atom stereocenters. The molecule has 3 amide bonds. The van der Waals surface area contributed by atoms with Gasteiger partial charge in [0.1, 0.15) is 6.04 Å². The maximum atomic E-state index is 12.7. The van der Waals surface area contributed by atoms with Gasteiger partial charge >= 0.3 is 0 Å².